The van der Waals surface area contributed by atoms with Crippen molar-refractivity contribution in [3.8, 4) is 0 Å². The van der Waals surface area contributed by atoms with Crippen LogP contribution in [0.5, 0.6) is 0 Å². The second kappa shape index (κ2) is 4.53. The molecule has 0 heterocycles. The van der Waals surface area contributed by atoms with E-state index in [0.717, 1.165) is 0 Å². The van der Waals surface area contributed by atoms with E-state index in [2.05, 4.69) is 0 Å². The first-order valence-corrected chi connectivity index (χ1v) is 5.56. The molecule has 0 aromatic heterocycles. The van der Waals surface area contributed by atoms with Crippen LogP contribution in [0, 0.1) is 3.57 Å². The lowest BCUT2D eigenvalue weighted by Gasteiger charge is -2.07. The molecule has 0 spiro atoms. The van der Waals surface area contributed by atoms with E-state index >= 15 is 0 Å². The molecule has 0 saturated heterocycles. The van der Waals surface area contributed by atoms with Gasteiger partial charge in [0.1, 0.15) is 0 Å². The number of halogens is 5. The van der Waals surface area contributed by atoms with Crippen molar-refractivity contribution in [1.82, 2.24) is 0 Å². The van der Waals surface area contributed by atoms with Gasteiger partial charge in [0.15, 0.2) is 6.29 Å². The van der Waals surface area contributed by atoms with Crippen molar-refractivity contribution < 1.29 is 4.79 Å². The summed E-state index contributed by atoms with van der Waals surface area (Å²) in [7, 11) is 0. The highest BCUT2D eigenvalue weighted by molar-refractivity contribution is 14.1. The molecule has 1 rings (SSSR count). The van der Waals surface area contributed by atoms with Gasteiger partial charge in [-0.3, -0.25) is 4.79 Å². The topological polar surface area (TPSA) is 17.1 Å². The van der Waals surface area contributed by atoms with Crippen molar-refractivity contribution >= 4 is 75.3 Å². The Kier molecular flexibility index (Phi) is 4.13. The van der Waals surface area contributed by atoms with Gasteiger partial charge >= 0.3 is 0 Å². The largest absolute Gasteiger partial charge is 0.298 e. The lowest BCUT2D eigenvalue weighted by atomic mass is 10.2. The summed E-state index contributed by atoms with van der Waals surface area (Å²) in [6.07, 6.45) is 0.595. The molecular weight excluding hydrogens is 369 g/mol. The fraction of sp³-hybridized carbons (Fsp3) is 0. The lowest BCUT2D eigenvalue weighted by molar-refractivity contribution is 0.112. The van der Waals surface area contributed by atoms with Gasteiger partial charge in [-0.25, -0.2) is 0 Å². The molecule has 0 aliphatic carbocycles. The molecule has 6 heteroatoms. The molecule has 0 amide bonds. The predicted octanol–water partition coefficient (Wildman–Crippen LogP) is 4.72. The first-order valence-electron chi connectivity index (χ1n) is 2.97. The Labute approximate surface area is 108 Å². The quantitative estimate of drug-likeness (QED) is 0.303. The zero-order chi connectivity index (χ0) is 10.2. The highest BCUT2D eigenvalue weighted by Crippen LogP contribution is 2.41. The normalized spacial score (nSPS) is 10.2. The number of rotatable bonds is 1. The highest BCUT2D eigenvalue weighted by Gasteiger charge is 2.17. The molecule has 0 saturated carbocycles. The number of benzene rings is 1. The summed E-state index contributed by atoms with van der Waals surface area (Å²) in [6.45, 7) is 0. The summed E-state index contributed by atoms with van der Waals surface area (Å²) >= 11 is 24.9. The Morgan fingerprint density at radius 2 is 1.38 bits per heavy atom. The summed E-state index contributed by atoms with van der Waals surface area (Å²) < 4.78 is 0.508. The smallest absolute Gasteiger partial charge is 0.152 e. The monoisotopic (exact) mass is 368 g/mol. The molecule has 0 bridgehead atoms. The van der Waals surface area contributed by atoms with Gasteiger partial charge in [-0.2, -0.15) is 0 Å². The highest BCUT2D eigenvalue weighted by atomic mass is 127. The van der Waals surface area contributed by atoms with Gasteiger partial charge in [-0.15, -0.1) is 0 Å². The molecule has 1 nitrogen and oxygen atoms in total. The van der Waals surface area contributed by atoms with Gasteiger partial charge in [-0.1, -0.05) is 46.4 Å². The molecular formula is C7HCl4IO. The number of hydrogen-bond donors (Lipinski definition) is 0. The maximum Gasteiger partial charge on any atom is 0.152 e. The van der Waals surface area contributed by atoms with Gasteiger partial charge in [-0.05, 0) is 22.6 Å². The third kappa shape index (κ3) is 2.07. The van der Waals surface area contributed by atoms with E-state index < -0.39 is 0 Å². The third-order valence-corrected chi connectivity index (χ3v) is 4.62. The lowest BCUT2D eigenvalue weighted by Crippen LogP contribution is -1.91. The van der Waals surface area contributed by atoms with E-state index in [1.165, 1.54) is 0 Å². The second-order valence-corrected chi connectivity index (χ2v) is 4.69. The van der Waals surface area contributed by atoms with Gasteiger partial charge in [0.05, 0.1) is 20.1 Å². The van der Waals surface area contributed by atoms with E-state index in [1.54, 1.807) is 0 Å². The van der Waals surface area contributed by atoms with Gasteiger partial charge in [0.25, 0.3) is 0 Å². The van der Waals surface area contributed by atoms with Crippen LogP contribution in [0.1, 0.15) is 10.4 Å². The summed E-state index contributed by atoms with van der Waals surface area (Å²) in [5.74, 6) is 0. The molecule has 1 aromatic carbocycles. The fourth-order valence-electron chi connectivity index (χ4n) is 0.725. The van der Waals surface area contributed by atoms with Crippen molar-refractivity contribution in [3.63, 3.8) is 0 Å². The minimum atomic E-state index is 0.107. The van der Waals surface area contributed by atoms with Crippen LogP contribution in [0.3, 0.4) is 0 Å². The van der Waals surface area contributed by atoms with Crippen molar-refractivity contribution in [1.29, 1.82) is 0 Å². The second-order valence-electron chi connectivity index (χ2n) is 2.10. The number of aldehydes is 1. The predicted molar refractivity (Wildman–Crippen MR) is 64.6 cm³/mol. The molecule has 0 unspecified atom stereocenters. The van der Waals surface area contributed by atoms with Crippen LogP contribution in [0.25, 0.3) is 0 Å². The van der Waals surface area contributed by atoms with E-state index in [-0.39, 0.29) is 25.7 Å². The Bertz CT molecular complexity index is 348. The van der Waals surface area contributed by atoms with Crippen molar-refractivity contribution in [2.45, 2.75) is 0 Å². The third-order valence-electron chi connectivity index (χ3n) is 1.36. The standard InChI is InChI=1S/C7HCl4IO/c8-3-2(1-13)7(12)6(11)5(10)4(3)9/h1H. The molecule has 13 heavy (non-hydrogen) atoms. The Morgan fingerprint density at radius 3 is 1.85 bits per heavy atom. The average molecular weight is 370 g/mol. The van der Waals surface area contributed by atoms with Crippen molar-refractivity contribution in [3.05, 3.63) is 29.2 Å². The maximum absolute atomic E-state index is 10.6. The van der Waals surface area contributed by atoms with Crippen LogP contribution in [-0.2, 0) is 0 Å². The molecule has 0 radical (unpaired) electrons. The van der Waals surface area contributed by atoms with Crippen LogP contribution in [0.2, 0.25) is 20.1 Å². The van der Waals surface area contributed by atoms with Crippen molar-refractivity contribution in [2.75, 3.05) is 0 Å². The maximum atomic E-state index is 10.6. The molecule has 0 atom stereocenters. The molecule has 0 aliphatic heterocycles. The van der Waals surface area contributed by atoms with E-state index in [4.69, 9.17) is 46.4 Å². The van der Waals surface area contributed by atoms with Crippen LogP contribution in [-0.4, -0.2) is 6.29 Å². The van der Waals surface area contributed by atoms with Gasteiger partial charge in [0, 0.05) is 9.13 Å². The Hall–Kier alpha value is 0.780. The summed E-state index contributed by atoms with van der Waals surface area (Å²) in [5.41, 5.74) is 0.265. The SMILES string of the molecule is O=Cc1c(Cl)c(Cl)c(Cl)c(Cl)c1I. The minimum Gasteiger partial charge on any atom is -0.298 e. The molecule has 1 aromatic rings. The van der Waals surface area contributed by atoms with Crippen LogP contribution in [0.15, 0.2) is 0 Å². The van der Waals surface area contributed by atoms with Gasteiger partial charge in [0.2, 0.25) is 0 Å². The Morgan fingerprint density at radius 1 is 0.923 bits per heavy atom. The fourth-order valence-corrected chi connectivity index (χ4v) is 2.62. The number of hydrogen-bond acceptors (Lipinski definition) is 1. The molecule has 0 aliphatic rings. The molecule has 0 fully saturated rings. The summed E-state index contributed by atoms with van der Waals surface area (Å²) in [5, 5.41) is 0.661. The average Bonchev–Trinajstić information content (AvgIpc) is 2.13. The van der Waals surface area contributed by atoms with Crippen LogP contribution in [0.4, 0.5) is 0 Å². The summed E-state index contributed by atoms with van der Waals surface area (Å²) in [6, 6.07) is 0. The Balaban J connectivity index is 3.66. The minimum absolute atomic E-state index is 0.107. The number of carbonyl (C=O) groups is 1. The van der Waals surface area contributed by atoms with E-state index in [0.29, 0.717) is 9.86 Å². The van der Waals surface area contributed by atoms with Crippen LogP contribution >= 0.6 is 69.0 Å². The molecule has 70 valence electrons. The first-order chi connectivity index (χ1) is 6.00. The first kappa shape index (κ1) is 11.9. The number of carbonyl (C=O) groups excluding carboxylic acids is 1. The zero-order valence-electron chi connectivity index (χ0n) is 5.88. The molecule has 0 N–H and O–H groups in total. The van der Waals surface area contributed by atoms with Crippen LogP contribution < -0.4 is 0 Å². The van der Waals surface area contributed by atoms with E-state index in [1.807, 2.05) is 22.6 Å². The van der Waals surface area contributed by atoms with Gasteiger partial charge < -0.3 is 0 Å². The zero-order valence-corrected chi connectivity index (χ0v) is 11.1. The van der Waals surface area contributed by atoms with Crippen molar-refractivity contribution in [2.24, 2.45) is 0 Å². The summed E-state index contributed by atoms with van der Waals surface area (Å²) in [4.78, 5) is 10.6. The van der Waals surface area contributed by atoms with E-state index in [9.17, 15) is 4.79 Å².